The van der Waals surface area contributed by atoms with E-state index in [0.717, 1.165) is 11.3 Å². The van der Waals surface area contributed by atoms with Crippen LogP contribution in [-0.2, 0) is 4.79 Å². The molecule has 0 aliphatic carbocycles. The molecule has 7 heteroatoms. The zero-order valence-corrected chi connectivity index (χ0v) is 10.1. The van der Waals surface area contributed by atoms with Crippen molar-refractivity contribution >= 4 is 29.1 Å². The van der Waals surface area contributed by atoms with Gasteiger partial charge in [0.05, 0.1) is 12.0 Å². The van der Waals surface area contributed by atoms with Crippen molar-refractivity contribution in [1.29, 1.82) is 0 Å². The second kappa shape index (κ2) is 4.69. The van der Waals surface area contributed by atoms with Crippen LogP contribution in [0.15, 0.2) is 28.4 Å². The Hall–Kier alpha value is -2.02. The molecule has 0 aromatic heterocycles. The summed E-state index contributed by atoms with van der Waals surface area (Å²) in [5.74, 6) is 1.79. The van der Waals surface area contributed by atoms with Gasteiger partial charge in [-0.3, -0.25) is 4.79 Å². The number of carbonyl (C=O) groups excluding carboxylic acids is 1. The summed E-state index contributed by atoms with van der Waals surface area (Å²) in [5.41, 5.74) is 0.859. The van der Waals surface area contributed by atoms with Crippen LogP contribution in [-0.4, -0.2) is 29.8 Å². The van der Waals surface area contributed by atoms with E-state index in [4.69, 9.17) is 9.47 Å². The maximum Gasteiger partial charge on any atom is 0.236 e. The Morgan fingerprint density at radius 3 is 3.06 bits per heavy atom. The van der Waals surface area contributed by atoms with Crippen LogP contribution in [0.25, 0.3) is 0 Å². The molecule has 0 unspecified atom stereocenters. The molecule has 1 N–H and O–H groups in total. The Labute approximate surface area is 107 Å². The quantitative estimate of drug-likeness (QED) is 0.637. The fourth-order valence-electron chi connectivity index (χ4n) is 1.52. The van der Waals surface area contributed by atoms with Gasteiger partial charge in [0.15, 0.2) is 16.7 Å². The first-order chi connectivity index (χ1) is 8.81. The lowest BCUT2D eigenvalue weighted by molar-refractivity contribution is -0.116. The second-order valence-electron chi connectivity index (χ2n) is 3.60. The highest BCUT2D eigenvalue weighted by Gasteiger charge is 2.16. The van der Waals surface area contributed by atoms with Crippen LogP contribution < -0.4 is 14.8 Å². The topological polar surface area (TPSA) is 72.3 Å². The summed E-state index contributed by atoms with van der Waals surface area (Å²) in [6.45, 7) is 0.251. The van der Waals surface area contributed by atoms with Gasteiger partial charge in [-0.1, -0.05) is 11.8 Å². The maximum absolute atomic E-state index is 10.9. The standard InChI is InChI=1S/C11H9N3O3S/c15-10-5-18-11(13-10)14-12-4-7-1-2-8-9(3-7)17-6-16-8/h1-4H,5-6H2,(H,13,14,15)/b12-4-. The van der Waals surface area contributed by atoms with Gasteiger partial charge in [-0.2, -0.15) is 5.10 Å². The number of amidine groups is 1. The van der Waals surface area contributed by atoms with Crippen LogP contribution in [0.1, 0.15) is 5.56 Å². The predicted octanol–water partition coefficient (Wildman–Crippen LogP) is 0.968. The maximum atomic E-state index is 10.9. The largest absolute Gasteiger partial charge is 0.454 e. The van der Waals surface area contributed by atoms with Crippen LogP contribution in [0.5, 0.6) is 11.5 Å². The number of nitrogens with one attached hydrogen (secondary N) is 1. The fraction of sp³-hybridized carbons (Fsp3) is 0.182. The van der Waals surface area contributed by atoms with Crippen LogP contribution in [0, 0.1) is 0 Å². The smallest absolute Gasteiger partial charge is 0.236 e. The van der Waals surface area contributed by atoms with E-state index < -0.39 is 0 Å². The number of thioether (sulfide) groups is 1. The minimum absolute atomic E-state index is 0.0444. The highest BCUT2D eigenvalue weighted by molar-refractivity contribution is 8.15. The van der Waals surface area contributed by atoms with Crippen LogP contribution in [0.2, 0.25) is 0 Å². The molecule has 0 atom stereocenters. The molecular formula is C11H9N3O3S. The van der Waals surface area contributed by atoms with Gasteiger partial charge < -0.3 is 14.8 Å². The molecule has 0 bridgehead atoms. The number of fused-ring (bicyclic) bond motifs is 1. The number of benzene rings is 1. The molecule has 1 amide bonds. The number of hydrogen-bond acceptors (Lipinski definition) is 6. The molecule has 0 saturated carbocycles. The van der Waals surface area contributed by atoms with Crippen molar-refractivity contribution < 1.29 is 14.3 Å². The number of amides is 1. The van der Waals surface area contributed by atoms with Crippen molar-refractivity contribution in [3.63, 3.8) is 0 Å². The first-order valence-corrected chi connectivity index (χ1v) is 6.23. The first kappa shape index (κ1) is 11.1. The zero-order valence-electron chi connectivity index (χ0n) is 9.25. The van der Waals surface area contributed by atoms with E-state index >= 15 is 0 Å². The molecule has 0 spiro atoms. The molecule has 0 radical (unpaired) electrons. The molecule has 1 aromatic rings. The third-order valence-electron chi connectivity index (χ3n) is 2.34. The summed E-state index contributed by atoms with van der Waals surface area (Å²) >= 11 is 1.34. The predicted molar refractivity (Wildman–Crippen MR) is 68.2 cm³/mol. The van der Waals surface area contributed by atoms with Gasteiger partial charge in [0.1, 0.15) is 0 Å². The minimum atomic E-state index is -0.0444. The summed E-state index contributed by atoms with van der Waals surface area (Å²) < 4.78 is 10.5. The summed E-state index contributed by atoms with van der Waals surface area (Å²) in [4.78, 5) is 10.9. The van der Waals surface area contributed by atoms with E-state index in [2.05, 4.69) is 15.5 Å². The summed E-state index contributed by atoms with van der Waals surface area (Å²) in [6.07, 6.45) is 1.60. The van der Waals surface area contributed by atoms with Gasteiger partial charge in [0, 0.05) is 0 Å². The lowest BCUT2D eigenvalue weighted by Gasteiger charge is -1.96. The molecule has 1 aromatic carbocycles. The average Bonchev–Trinajstić information content (AvgIpc) is 2.97. The van der Waals surface area contributed by atoms with Crippen molar-refractivity contribution in [1.82, 2.24) is 5.32 Å². The second-order valence-corrected chi connectivity index (χ2v) is 4.56. The average molecular weight is 263 g/mol. The molecule has 3 rings (SSSR count). The van der Waals surface area contributed by atoms with Crippen molar-refractivity contribution in [2.45, 2.75) is 0 Å². The van der Waals surface area contributed by atoms with Gasteiger partial charge >= 0.3 is 0 Å². The number of nitrogens with zero attached hydrogens (tertiary/aromatic N) is 2. The Morgan fingerprint density at radius 1 is 1.33 bits per heavy atom. The van der Waals surface area contributed by atoms with Gasteiger partial charge in [-0.15, -0.1) is 5.10 Å². The highest BCUT2D eigenvalue weighted by atomic mass is 32.2. The fourth-order valence-corrected chi connectivity index (χ4v) is 2.15. The SMILES string of the molecule is O=C1CSC(=N/N=C\c2ccc3c(c2)OCO3)N1. The molecule has 92 valence electrons. The number of carbonyl (C=O) groups is 1. The monoisotopic (exact) mass is 263 g/mol. The Bertz CT molecular complexity index is 556. The van der Waals surface area contributed by atoms with E-state index in [-0.39, 0.29) is 12.7 Å². The molecule has 18 heavy (non-hydrogen) atoms. The number of ether oxygens (including phenoxy) is 2. The van der Waals surface area contributed by atoms with Gasteiger partial charge in [0.25, 0.3) is 0 Å². The van der Waals surface area contributed by atoms with E-state index in [1.807, 2.05) is 18.2 Å². The van der Waals surface area contributed by atoms with Crippen LogP contribution >= 0.6 is 11.8 Å². The number of hydrogen-bond donors (Lipinski definition) is 1. The van der Waals surface area contributed by atoms with Crippen LogP contribution in [0.4, 0.5) is 0 Å². The lowest BCUT2D eigenvalue weighted by Crippen LogP contribution is -2.19. The molecule has 1 saturated heterocycles. The van der Waals surface area contributed by atoms with E-state index in [1.54, 1.807) is 6.21 Å². The summed E-state index contributed by atoms with van der Waals surface area (Å²) in [5, 5.41) is 10.9. The highest BCUT2D eigenvalue weighted by Crippen LogP contribution is 2.31. The molecule has 6 nitrogen and oxygen atoms in total. The minimum Gasteiger partial charge on any atom is -0.454 e. The van der Waals surface area contributed by atoms with E-state index in [1.165, 1.54) is 11.8 Å². The molecule has 2 aliphatic heterocycles. The van der Waals surface area contributed by atoms with E-state index in [0.29, 0.717) is 16.7 Å². The lowest BCUT2D eigenvalue weighted by atomic mass is 10.2. The molecular weight excluding hydrogens is 254 g/mol. The van der Waals surface area contributed by atoms with Crippen molar-refractivity contribution in [2.75, 3.05) is 12.5 Å². The molecule has 2 aliphatic rings. The Balaban J connectivity index is 1.71. The van der Waals surface area contributed by atoms with Crippen molar-refractivity contribution in [3.05, 3.63) is 23.8 Å². The third kappa shape index (κ3) is 2.30. The van der Waals surface area contributed by atoms with Gasteiger partial charge in [-0.25, -0.2) is 0 Å². The third-order valence-corrected chi connectivity index (χ3v) is 3.20. The summed E-state index contributed by atoms with van der Waals surface area (Å²) in [7, 11) is 0. The van der Waals surface area contributed by atoms with Crippen molar-refractivity contribution in [3.8, 4) is 11.5 Å². The Morgan fingerprint density at radius 2 is 2.22 bits per heavy atom. The normalized spacial score (nSPS) is 19.8. The van der Waals surface area contributed by atoms with Crippen molar-refractivity contribution in [2.24, 2.45) is 10.2 Å². The molecule has 1 fully saturated rings. The van der Waals surface area contributed by atoms with E-state index in [9.17, 15) is 4.79 Å². The molecule has 2 heterocycles. The number of rotatable bonds is 2. The zero-order chi connectivity index (χ0) is 12.4. The summed E-state index contributed by atoms with van der Waals surface area (Å²) in [6, 6.07) is 5.51. The Kier molecular flexibility index (Phi) is 2.89. The van der Waals surface area contributed by atoms with Gasteiger partial charge in [-0.05, 0) is 23.8 Å². The van der Waals surface area contributed by atoms with Crippen LogP contribution in [0.3, 0.4) is 0 Å². The first-order valence-electron chi connectivity index (χ1n) is 5.24. The van der Waals surface area contributed by atoms with Gasteiger partial charge in [0.2, 0.25) is 12.7 Å².